The van der Waals surface area contributed by atoms with Crippen LogP contribution in [0.2, 0.25) is 0 Å². The third-order valence-corrected chi connectivity index (χ3v) is 4.63. The van der Waals surface area contributed by atoms with Gasteiger partial charge >= 0.3 is 133 Å². The number of pyridine rings is 1. The van der Waals surface area contributed by atoms with Crippen molar-refractivity contribution in [2.75, 3.05) is 18.4 Å². The van der Waals surface area contributed by atoms with Crippen LogP contribution in [-0.4, -0.2) is 30.3 Å². The Hall–Kier alpha value is -2.73. The number of hydrogen-bond donors (Lipinski definition) is 2. The number of aryl methyl sites for hydroxylation is 1. The number of nitrogens with one attached hydrogen (secondary N) is 2. The van der Waals surface area contributed by atoms with Gasteiger partial charge in [-0.05, 0) is 6.54 Å². The van der Waals surface area contributed by atoms with Gasteiger partial charge in [0.2, 0.25) is 0 Å². The van der Waals surface area contributed by atoms with Crippen LogP contribution in [-0.2, 0) is 0 Å². The van der Waals surface area contributed by atoms with Crippen LogP contribution in [0.15, 0.2) is 48.8 Å². The molecule has 3 aromatic rings. The van der Waals surface area contributed by atoms with Crippen LogP contribution in [0.4, 0.5) is 10.1 Å². The standard InChI is InChI=1S/C20H19BFN3O/c1-13-11-25-12-16(3-5-19(25)21-13)24-20(26)17-4-2-15(10-18(17)22)14-6-8-23-9-7-14/h2-6,10-12,23H,7-9H2,1H3,(H,24,26). The van der Waals surface area contributed by atoms with Gasteiger partial charge in [-0.1, -0.05) is 0 Å². The number of benzene rings is 1. The first-order valence-electron chi connectivity index (χ1n) is 8.69. The molecule has 1 amide bonds. The van der Waals surface area contributed by atoms with Gasteiger partial charge in [-0.2, -0.15) is 0 Å². The molecule has 0 spiro atoms. The van der Waals surface area contributed by atoms with E-state index in [1.54, 1.807) is 6.07 Å². The molecule has 0 fully saturated rings. The molecule has 6 heteroatoms. The van der Waals surface area contributed by atoms with Crippen molar-refractivity contribution >= 4 is 29.5 Å². The van der Waals surface area contributed by atoms with Crippen molar-refractivity contribution in [2.24, 2.45) is 0 Å². The zero-order chi connectivity index (χ0) is 18.1. The molecule has 1 aliphatic heterocycles. The predicted molar refractivity (Wildman–Crippen MR) is 103 cm³/mol. The molecule has 0 bridgehead atoms. The summed E-state index contributed by atoms with van der Waals surface area (Å²) in [7, 11) is 0. The van der Waals surface area contributed by atoms with E-state index in [9.17, 15) is 9.18 Å². The van der Waals surface area contributed by atoms with E-state index in [-0.39, 0.29) is 5.56 Å². The van der Waals surface area contributed by atoms with Crippen LogP contribution in [0.25, 0.3) is 11.0 Å². The van der Waals surface area contributed by atoms with Crippen molar-refractivity contribution in [3.63, 3.8) is 0 Å². The second-order valence-electron chi connectivity index (χ2n) is 6.60. The molecule has 130 valence electrons. The number of anilines is 1. The Kier molecular flexibility index (Phi) is 4.43. The molecular weight excluding hydrogens is 328 g/mol. The molecule has 0 radical (unpaired) electrons. The SMILES string of the molecule is Cc1bc2ccc(NC(=O)c3ccc(C4=CCNCC4)cc3F)cn2c1. The third-order valence-electron chi connectivity index (χ3n) is 4.63. The van der Waals surface area contributed by atoms with Gasteiger partial charge in [0.25, 0.3) is 0 Å². The Morgan fingerprint density at radius 1 is 1.27 bits per heavy atom. The number of halogens is 1. The Labute approximate surface area is 151 Å². The molecule has 4 nitrogen and oxygen atoms in total. The topological polar surface area (TPSA) is 45.5 Å². The Morgan fingerprint density at radius 2 is 2.15 bits per heavy atom. The zero-order valence-corrected chi connectivity index (χ0v) is 14.6. The molecule has 4 rings (SSSR count). The number of rotatable bonds is 3. The minimum atomic E-state index is -0.502. The number of carbonyl (C=O) groups excluding carboxylic acids is 1. The Morgan fingerprint density at radius 3 is 2.92 bits per heavy atom. The fraction of sp³-hybridized carbons (Fsp3) is 0.200. The summed E-state index contributed by atoms with van der Waals surface area (Å²) in [5, 5.41) is 6.01. The maximum absolute atomic E-state index is 14.5. The third kappa shape index (κ3) is 3.33. The van der Waals surface area contributed by atoms with Gasteiger partial charge < -0.3 is 5.32 Å². The maximum atomic E-state index is 14.5. The summed E-state index contributed by atoms with van der Waals surface area (Å²) in [6.45, 7) is 5.75. The minimum absolute atomic E-state index is 0.0482. The normalized spacial score (nSPS) is 14.2. The second kappa shape index (κ2) is 6.88. The molecule has 0 unspecified atom stereocenters. The van der Waals surface area contributed by atoms with Crippen molar-refractivity contribution in [1.82, 2.24) is 9.72 Å². The summed E-state index contributed by atoms with van der Waals surface area (Å²) in [5.74, 6) is -0.950. The summed E-state index contributed by atoms with van der Waals surface area (Å²) in [4.78, 5) is 12.5. The van der Waals surface area contributed by atoms with Gasteiger partial charge in [0, 0.05) is 6.54 Å². The first-order valence-corrected chi connectivity index (χ1v) is 8.69. The van der Waals surface area contributed by atoms with E-state index >= 15 is 0 Å². The Bertz CT molecular complexity index is 1030. The average Bonchev–Trinajstić information content (AvgIpc) is 3.01. The molecule has 0 saturated heterocycles. The van der Waals surface area contributed by atoms with E-state index in [1.165, 1.54) is 6.07 Å². The van der Waals surface area contributed by atoms with Crippen molar-refractivity contribution < 1.29 is 9.18 Å². The van der Waals surface area contributed by atoms with E-state index in [0.29, 0.717) is 5.69 Å². The quantitative estimate of drug-likeness (QED) is 0.763. The molecule has 3 heterocycles. The van der Waals surface area contributed by atoms with Crippen LogP contribution in [0, 0.1) is 12.7 Å². The molecular formula is C20H19BFN3O. The average molecular weight is 347 g/mol. The number of aromatic nitrogens is 1. The number of carbonyl (C=O) groups is 1. The van der Waals surface area contributed by atoms with Crippen molar-refractivity contribution in [1.29, 1.82) is 0 Å². The monoisotopic (exact) mass is 347 g/mol. The van der Waals surface area contributed by atoms with Crippen molar-refractivity contribution in [2.45, 2.75) is 13.3 Å². The fourth-order valence-corrected chi connectivity index (χ4v) is 3.31. The molecule has 0 saturated carbocycles. The van der Waals surface area contributed by atoms with Gasteiger partial charge in [-0.15, -0.1) is 0 Å². The van der Waals surface area contributed by atoms with E-state index in [4.69, 9.17) is 0 Å². The molecule has 26 heavy (non-hydrogen) atoms. The molecule has 0 aliphatic carbocycles. The Balaban J connectivity index is 1.56. The van der Waals surface area contributed by atoms with Crippen LogP contribution < -0.4 is 10.6 Å². The number of nitrogens with zero attached hydrogens (tertiary/aromatic N) is 1. The first kappa shape index (κ1) is 16.7. The summed E-state index contributed by atoms with van der Waals surface area (Å²) in [6.07, 6.45) is 6.73. The second-order valence-corrected chi connectivity index (χ2v) is 6.60. The number of amides is 1. The van der Waals surface area contributed by atoms with Crippen LogP contribution in [0.1, 0.15) is 27.8 Å². The number of hydrogen-bond acceptors (Lipinski definition) is 2. The van der Waals surface area contributed by atoms with Gasteiger partial charge in [0.15, 0.2) is 0 Å². The van der Waals surface area contributed by atoms with E-state index in [2.05, 4.69) is 23.6 Å². The fourth-order valence-electron chi connectivity index (χ4n) is 3.31. The molecule has 0 atom stereocenters. The molecule has 2 N–H and O–H groups in total. The van der Waals surface area contributed by atoms with Crippen LogP contribution in [0.5, 0.6) is 0 Å². The first-order chi connectivity index (χ1) is 12.6. The van der Waals surface area contributed by atoms with Gasteiger partial charge in [0.05, 0.1) is 0 Å². The molecule has 1 aliphatic rings. The molecule has 1 aromatic carbocycles. The van der Waals surface area contributed by atoms with Crippen LogP contribution >= 0.6 is 0 Å². The molecule has 2 aromatic heterocycles. The number of fused-ring (bicyclic) bond motifs is 1. The summed E-state index contributed by atoms with van der Waals surface area (Å²) >= 11 is 0. The van der Waals surface area contributed by atoms with E-state index < -0.39 is 11.7 Å². The van der Waals surface area contributed by atoms with Crippen molar-refractivity contribution in [3.05, 3.63) is 71.2 Å². The van der Waals surface area contributed by atoms with Crippen LogP contribution in [0.3, 0.4) is 0 Å². The van der Waals surface area contributed by atoms with E-state index in [0.717, 1.165) is 41.5 Å². The van der Waals surface area contributed by atoms with Crippen molar-refractivity contribution in [3.8, 4) is 0 Å². The van der Waals surface area contributed by atoms with E-state index in [1.807, 2.05) is 41.9 Å². The summed E-state index contributed by atoms with van der Waals surface area (Å²) < 4.78 is 16.4. The zero-order valence-electron chi connectivity index (χ0n) is 14.6. The van der Waals surface area contributed by atoms with Gasteiger partial charge in [0.1, 0.15) is 0 Å². The summed E-state index contributed by atoms with van der Waals surface area (Å²) in [6, 6.07) is 8.56. The van der Waals surface area contributed by atoms with Gasteiger partial charge in [-0.3, -0.25) is 0 Å². The summed E-state index contributed by atoms with van der Waals surface area (Å²) in [5.41, 5.74) is 4.82. The van der Waals surface area contributed by atoms with Gasteiger partial charge in [-0.25, -0.2) is 0 Å². The predicted octanol–water partition coefficient (Wildman–Crippen LogP) is 3.35.